The van der Waals surface area contributed by atoms with Crippen LogP contribution in [0.2, 0.25) is 0 Å². The van der Waals surface area contributed by atoms with Gasteiger partial charge in [0.25, 0.3) is 0 Å². The summed E-state index contributed by atoms with van der Waals surface area (Å²) in [6.07, 6.45) is 4.14. The fraction of sp³-hybridized carbons (Fsp3) is 0.688. The van der Waals surface area contributed by atoms with Crippen LogP contribution >= 0.6 is 23.7 Å². The first-order valence-electron chi connectivity index (χ1n) is 7.66. The van der Waals surface area contributed by atoms with Crippen molar-refractivity contribution in [2.75, 3.05) is 26.2 Å². The SMILES string of the molecule is CCN(CC)CCOC(=O)C1(c2cccs2)CCCC1.Cl. The number of esters is 1. The lowest BCUT2D eigenvalue weighted by molar-refractivity contribution is -0.150. The van der Waals surface area contributed by atoms with Crippen LogP contribution in [0.1, 0.15) is 44.4 Å². The number of carbonyl (C=O) groups excluding carboxylic acids is 1. The molecule has 1 aromatic heterocycles. The lowest BCUT2D eigenvalue weighted by atomic mass is 9.84. The number of nitrogens with zero attached hydrogens (tertiary/aromatic N) is 1. The van der Waals surface area contributed by atoms with E-state index < -0.39 is 0 Å². The first-order valence-corrected chi connectivity index (χ1v) is 8.54. The molecule has 120 valence electrons. The third-order valence-electron chi connectivity index (χ3n) is 4.38. The predicted molar refractivity (Wildman–Crippen MR) is 90.5 cm³/mol. The first kappa shape index (κ1) is 18.5. The van der Waals surface area contributed by atoms with Gasteiger partial charge in [0.1, 0.15) is 12.0 Å². The van der Waals surface area contributed by atoms with E-state index in [1.165, 1.54) is 4.88 Å². The Morgan fingerprint density at radius 3 is 2.52 bits per heavy atom. The summed E-state index contributed by atoms with van der Waals surface area (Å²) in [7, 11) is 0. The molecule has 1 aliphatic carbocycles. The van der Waals surface area contributed by atoms with Crippen molar-refractivity contribution in [1.29, 1.82) is 0 Å². The van der Waals surface area contributed by atoms with E-state index in [9.17, 15) is 4.79 Å². The zero-order valence-corrected chi connectivity index (χ0v) is 14.6. The third kappa shape index (κ3) is 4.21. The number of likely N-dealkylation sites (N-methyl/N-ethyl adjacent to an activating group) is 1. The second-order valence-corrected chi connectivity index (χ2v) is 6.38. The Balaban J connectivity index is 0.00000220. The maximum absolute atomic E-state index is 12.6. The lowest BCUT2D eigenvalue weighted by Gasteiger charge is -2.26. The molecule has 1 saturated carbocycles. The highest BCUT2D eigenvalue weighted by atomic mass is 35.5. The Kier molecular flexibility index (Phi) is 7.71. The lowest BCUT2D eigenvalue weighted by Crippen LogP contribution is -2.36. The summed E-state index contributed by atoms with van der Waals surface area (Å²) in [4.78, 5) is 16.1. The van der Waals surface area contributed by atoms with E-state index in [1.807, 2.05) is 6.07 Å². The van der Waals surface area contributed by atoms with Crippen LogP contribution in [-0.4, -0.2) is 37.1 Å². The Labute approximate surface area is 138 Å². The highest BCUT2D eigenvalue weighted by Gasteiger charge is 2.44. The Morgan fingerprint density at radius 1 is 1.33 bits per heavy atom. The van der Waals surface area contributed by atoms with Gasteiger partial charge >= 0.3 is 5.97 Å². The normalized spacial score (nSPS) is 16.7. The largest absolute Gasteiger partial charge is 0.464 e. The number of hydrogen-bond acceptors (Lipinski definition) is 4. The van der Waals surface area contributed by atoms with Crippen molar-refractivity contribution >= 4 is 29.7 Å². The molecule has 2 rings (SSSR count). The molecule has 1 fully saturated rings. The number of thiophene rings is 1. The van der Waals surface area contributed by atoms with Crippen LogP contribution in [0.25, 0.3) is 0 Å². The summed E-state index contributed by atoms with van der Waals surface area (Å²) in [6, 6.07) is 4.12. The highest BCUT2D eigenvalue weighted by Crippen LogP contribution is 2.44. The average molecular weight is 332 g/mol. The summed E-state index contributed by atoms with van der Waals surface area (Å²) in [5.74, 6) is -0.00962. The topological polar surface area (TPSA) is 29.5 Å². The molecular formula is C16H26ClNO2S. The van der Waals surface area contributed by atoms with E-state index in [4.69, 9.17) is 4.74 Å². The quantitative estimate of drug-likeness (QED) is 0.710. The maximum Gasteiger partial charge on any atom is 0.317 e. The molecule has 5 heteroatoms. The fourth-order valence-corrected chi connectivity index (χ4v) is 4.00. The van der Waals surface area contributed by atoms with Crippen LogP contribution in [0.3, 0.4) is 0 Å². The van der Waals surface area contributed by atoms with E-state index in [-0.39, 0.29) is 23.8 Å². The molecule has 0 aromatic carbocycles. The second kappa shape index (κ2) is 8.76. The van der Waals surface area contributed by atoms with Crippen molar-refractivity contribution in [2.45, 2.75) is 44.9 Å². The Hall–Kier alpha value is -0.580. The van der Waals surface area contributed by atoms with Gasteiger partial charge in [-0.2, -0.15) is 0 Å². The summed E-state index contributed by atoms with van der Waals surface area (Å²) < 4.78 is 5.61. The number of hydrogen-bond donors (Lipinski definition) is 0. The number of halogens is 1. The zero-order valence-electron chi connectivity index (χ0n) is 13.0. The van der Waals surface area contributed by atoms with Crippen molar-refractivity contribution in [3.63, 3.8) is 0 Å². The highest BCUT2D eigenvalue weighted by molar-refractivity contribution is 7.10. The molecule has 0 unspecified atom stereocenters. The molecule has 1 heterocycles. The molecule has 0 N–H and O–H groups in total. The minimum absolute atomic E-state index is 0. The predicted octanol–water partition coefficient (Wildman–Crippen LogP) is 3.87. The van der Waals surface area contributed by atoms with Crippen LogP contribution in [0, 0.1) is 0 Å². The van der Waals surface area contributed by atoms with Gasteiger partial charge in [-0.3, -0.25) is 4.79 Å². The van der Waals surface area contributed by atoms with Gasteiger partial charge in [0.15, 0.2) is 0 Å². The van der Waals surface area contributed by atoms with Gasteiger partial charge in [-0.1, -0.05) is 32.8 Å². The standard InChI is InChI=1S/C16H25NO2S.ClH/c1-3-17(4-2)11-12-19-15(18)16(9-5-6-10-16)14-8-7-13-20-14;/h7-8,13H,3-6,9-12H2,1-2H3;1H. The van der Waals surface area contributed by atoms with E-state index in [0.717, 1.165) is 45.3 Å². The number of rotatable bonds is 7. The van der Waals surface area contributed by atoms with Crippen LogP contribution in [0.4, 0.5) is 0 Å². The molecule has 3 nitrogen and oxygen atoms in total. The Morgan fingerprint density at radius 2 is 2.00 bits per heavy atom. The molecule has 0 amide bonds. The van der Waals surface area contributed by atoms with Crippen LogP contribution < -0.4 is 0 Å². The molecule has 0 saturated heterocycles. The van der Waals surface area contributed by atoms with Crippen molar-refractivity contribution in [3.8, 4) is 0 Å². The minimum atomic E-state index is -0.350. The van der Waals surface area contributed by atoms with Crippen molar-refractivity contribution in [3.05, 3.63) is 22.4 Å². The fourth-order valence-electron chi connectivity index (χ4n) is 3.03. The molecule has 0 spiro atoms. The van der Waals surface area contributed by atoms with Gasteiger partial charge in [-0.05, 0) is 37.4 Å². The minimum Gasteiger partial charge on any atom is -0.464 e. The zero-order chi connectivity index (χ0) is 14.4. The monoisotopic (exact) mass is 331 g/mol. The molecule has 0 radical (unpaired) electrons. The van der Waals surface area contributed by atoms with Crippen LogP contribution in [-0.2, 0) is 14.9 Å². The molecule has 1 aromatic rings. The summed E-state index contributed by atoms with van der Waals surface area (Å²) in [6.45, 7) is 7.62. The summed E-state index contributed by atoms with van der Waals surface area (Å²) in [5, 5.41) is 2.05. The van der Waals surface area contributed by atoms with Gasteiger partial charge < -0.3 is 9.64 Å². The van der Waals surface area contributed by atoms with Gasteiger partial charge in [0.2, 0.25) is 0 Å². The van der Waals surface area contributed by atoms with E-state index in [2.05, 4.69) is 30.2 Å². The van der Waals surface area contributed by atoms with Crippen LogP contribution in [0.5, 0.6) is 0 Å². The molecule has 0 aliphatic heterocycles. The van der Waals surface area contributed by atoms with E-state index in [1.54, 1.807) is 11.3 Å². The van der Waals surface area contributed by atoms with Crippen molar-refractivity contribution in [1.82, 2.24) is 4.90 Å². The third-order valence-corrected chi connectivity index (χ3v) is 5.45. The van der Waals surface area contributed by atoms with E-state index >= 15 is 0 Å². The number of ether oxygens (including phenoxy) is 1. The Bertz CT molecular complexity index is 412. The molecular weight excluding hydrogens is 306 g/mol. The van der Waals surface area contributed by atoms with Gasteiger partial charge in [-0.25, -0.2) is 0 Å². The van der Waals surface area contributed by atoms with Crippen molar-refractivity contribution in [2.24, 2.45) is 0 Å². The van der Waals surface area contributed by atoms with Crippen molar-refractivity contribution < 1.29 is 9.53 Å². The molecule has 21 heavy (non-hydrogen) atoms. The molecule has 0 atom stereocenters. The molecule has 1 aliphatic rings. The maximum atomic E-state index is 12.6. The van der Waals surface area contributed by atoms with Gasteiger partial charge in [0, 0.05) is 11.4 Å². The van der Waals surface area contributed by atoms with E-state index in [0.29, 0.717) is 6.61 Å². The molecule has 0 bridgehead atoms. The van der Waals surface area contributed by atoms with Crippen LogP contribution in [0.15, 0.2) is 17.5 Å². The van der Waals surface area contributed by atoms with Gasteiger partial charge in [0.05, 0.1) is 0 Å². The number of carbonyl (C=O) groups is 1. The average Bonchev–Trinajstić information content (AvgIpc) is 3.14. The smallest absolute Gasteiger partial charge is 0.317 e. The summed E-state index contributed by atoms with van der Waals surface area (Å²) in [5.41, 5.74) is -0.350. The summed E-state index contributed by atoms with van der Waals surface area (Å²) >= 11 is 1.68. The van der Waals surface area contributed by atoms with Gasteiger partial charge in [-0.15, -0.1) is 23.7 Å². The second-order valence-electron chi connectivity index (χ2n) is 5.43. The first-order chi connectivity index (χ1) is 9.73.